The number of nitrogens with one attached hydrogen (secondary N) is 1. The topological polar surface area (TPSA) is 52.7 Å². The molecule has 5 nitrogen and oxygen atoms in total. The van der Waals surface area contributed by atoms with Gasteiger partial charge in [-0.15, -0.1) is 0 Å². The molecule has 1 atom stereocenters. The molecular weight excluding hydrogens is 481 g/mol. The maximum Gasteiger partial charge on any atom is 0.325 e. The molecule has 0 fully saturated rings. The second-order valence-corrected chi connectivity index (χ2v) is 8.64. The first kappa shape index (κ1) is 25.2. The molecule has 0 spiro atoms. The van der Waals surface area contributed by atoms with Gasteiger partial charge in [-0.1, -0.05) is 6.07 Å². The summed E-state index contributed by atoms with van der Waals surface area (Å²) in [5.74, 6) is -5.58. The van der Waals surface area contributed by atoms with E-state index >= 15 is 0 Å². The number of halogens is 5. The third-order valence-corrected chi connectivity index (χ3v) is 6.38. The minimum Gasteiger partial charge on any atom is -0.348 e. The molecule has 0 bridgehead atoms. The lowest BCUT2D eigenvalue weighted by Crippen LogP contribution is -2.46. The summed E-state index contributed by atoms with van der Waals surface area (Å²) in [6.45, 7) is 2.58. The molecule has 3 amide bonds. The number of carbonyl (C=O) groups excluding carboxylic acids is 2. The van der Waals surface area contributed by atoms with Crippen molar-refractivity contribution >= 4 is 17.6 Å². The van der Waals surface area contributed by atoms with Crippen LogP contribution in [0.1, 0.15) is 45.6 Å². The number of rotatable bonds is 5. The Bertz CT molecular complexity index is 1330. The van der Waals surface area contributed by atoms with Gasteiger partial charge in [-0.05, 0) is 43.2 Å². The van der Waals surface area contributed by atoms with E-state index in [1.807, 2.05) is 0 Å². The van der Waals surface area contributed by atoms with Gasteiger partial charge < -0.3 is 10.2 Å². The number of aryl methyl sites for hydroxylation is 1. The average Bonchev–Trinajstić information content (AvgIpc) is 2.80. The smallest absolute Gasteiger partial charge is 0.325 e. The Morgan fingerprint density at radius 1 is 0.917 bits per heavy atom. The molecule has 36 heavy (non-hydrogen) atoms. The van der Waals surface area contributed by atoms with Crippen LogP contribution in [0.4, 0.5) is 32.4 Å². The largest absolute Gasteiger partial charge is 0.348 e. The van der Waals surface area contributed by atoms with E-state index in [9.17, 15) is 31.5 Å². The third kappa shape index (κ3) is 4.62. The minimum atomic E-state index is -1.14. The SMILES string of the molecule is Cc1cc(F)cc(F)c1CN1C(=O)N(C)[C@@H](C)c2ccc(C(=O)NCc3c(F)cc(F)cc3F)cc21. The van der Waals surface area contributed by atoms with Crippen LogP contribution in [0.3, 0.4) is 0 Å². The van der Waals surface area contributed by atoms with Gasteiger partial charge >= 0.3 is 6.03 Å². The number of benzene rings is 3. The molecule has 0 saturated carbocycles. The lowest BCUT2D eigenvalue weighted by molar-refractivity contribution is 0.0950. The molecule has 0 saturated heterocycles. The molecule has 10 heteroatoms. The summed E-state index contributed by atoms with van der Waals surface area (Å²) in [5, 5.41) is 2.39. The van der Waals surface area contributed by atoms with Crippen LogP contribution in [0.15, 0.2) is 42.5 Å². The molecule has 1 N–H and O–H groups in total. The fourth-order valence-corrected chi connectivity index (χ4v) is 4.19. The number of anilines is 1. The van der Waals surface area contributed by atoms with Crippen LogP contribution >= 0.6 is 0 Å². The van der Waals surface area contributed by atoms with Crippen molar-refractivity contribution in [3.05, 3.63) is 99.4 Å². The highest BCUT2D eigenvalue weighted by molar-refractivity contribution is 5.99. The Kier molecular flexibility index (Phi) is 6.71. The molecule has 188 valence electrons. The van der Waals surface area contributed by atoms with Crippen molar-refractivity contribution in [2.75, 3.05) is 11.9 Å². The van der Waals surface area contributed by atoms with E-state index in [-0.39, 0.29) is 23.7 Å². The molecule has 4 rings (SSSR count). The zero-order valence-corrected chi connectivity index (χ0v) is 19.6. The summed E-state index contributed by atoms with van der Waals surface area (Å²) < 4.78 is 69.1. The second kappa shape index (κ2) is 9.60. The van der Waals surface area contributed by atoms with E-state index in [0.717, 1.165) is 12.1 Å². The molecule has 3 aromatic carbocycles. The standard InChI is InChI=1S/C26H22F5N3O2/c1-13-6-16(27)8-23(31)20(13)12-34-24-7-15(4-5-18(24)14(2)33(3)26(34)36)25(35)32-11-19-21(29)9-17(28)10-22(19)30/h4-10,14H,11-12H2,1-3H3,(H,32,35)/t14-/m0/s1. The number of carbonyl (C=O) groups is 2. The van der Waals surface area contributed by atoms with Crippen molar-refractivity contribution in [1.29, 1.82) is 0 Å². The van der Waals surface area contributed by atoms with E-state index < -0.39 is 53.1 Å². The molecule has 0 aromatic heterocycles. The molecular formula is C26H22F5N3O2. The highest BCUT2D eigenvalue weighted by Gasteiger charge is 2.34. The van der Waals surface area contributed by atoms with Gasteiger partial charge in [-0.3, -0.25) is 9.69 Å². The van der Waals surface area contributed by atoms with Gasteiger partial charge in [0, 0.05) is 48.5 Å². The fraction of sp³-hybridized carbons (Fsp3) is 0.231. The van der Waals surface area contributed by atoms with Crippen molar-refractivity contribution in [3.63, 3.8) is 0 Å². The number of urea groups is 1. The maximum atomic E-state index is 14.6. The van der Waals surface area contributed by atoms with Gasteiger partial charge in [0.05, 0.1) is 18.3 Å². The van der Waals surface area contributed by atoms with Crippen LogP contribution < -0.4 is 10.2 Å². The van der Waals surface area contributed by atoms with Crippen LogP contribution in [0.2, 0.25) is 0 Å². The average molecular weight is 503 g/mol. The molecule has 0 aliphatic carbocycles. The summed E-state index contributed by atoms with van der Waals surface area (Å²) in [4.78, 5) is 28.7. The Hall–Kier alpha value is -3.95. The number of fused-ring (bicyclic) bond motifs is 1. The normalized spacial score (nSPS) is 15.2. The first-order chi connectivity index (χ1) is 17.0. The van der Waals surface area contributed by atoms with Gasteiger partial charge in [-0.25, -0.2) is 26.7 Å². The molecule has 1 aliphatic heterocycles. The molecule has 3 aromatic rings. The van der Waals surface area contributed by atoms with Crippen molar-refractivity contribution in [3.8, 4) is 0 Å². The van der Waals surface area contributed by atoms with Gasteiger partial charge in [-0.2, -0.15) is 0 Å². The van der Waals surface area contributed by atoms with Crippen LogP contribution in [0, 0.1) is 36.0 Å². The predicted octanol–water partition coefficient (Wildman–Crippen LogP) is 5.75. The predicted molar refractivity (Wildman–Crippen MR) is 123 cm³/mol. The maximum absolute atomic E-state index is 14.6. The monoisotopic (exact) mass is 503 g/mol. The summed E-state index contributed by atoms with van der Waals surface area (Å²) in [7, 11) is 1.59. The van der Waals surface area contributed by atoms with E-state index in [2.05, 4.69) is 5.32 Å². The number of hydrogen-bond donors (Lipinski definition) is 1. The van der Waals surface area contributed by atoms with Gasteiger partial charge in [0.2, 0.25) is 0 Å². The van der Waals surface area contributed by atoms with Crippen LogP contribution in [-0.4, -0.2) is 23.9 Å². The van der Waals surface area contributed by atoms with Crippen molar-refractivity contribution in [1.82, 2.24) is 10.2 Å². The van der Waals surface area contributed by atoms with E-state index in [4.69, 9.17) is 0 Å². The molecule has 1 aliphatic rings. The van der Waals surface area contributed by atoms with Gasteiger partial charge in [0.25, 0.3) is 5.91 Å². The van der Waals surface area contributed by atoms with E-state index in [0.29, 0.717) is 28.9 Å². The van der Waals surface area contributed by atoms with Gasteiger partial charge in [0.1, 0.15) is 29.1 Å². The minimum absolute atomic E-state index is 0.0857. The molecule has 0 unspecified atom stereocenters. The molecule has 1 heterocycles. The van der Waals surface area contributed by atoms with Crippen molar-refractivity contribution in [2.45, 2.75) is 33.0 Å². The van der Waals surface area contributed by atoms with Crippen molar-refractivity contribution < 1.29 is 31.5 Å². The van der Waals surface area contributed by atoms with Crippen LogP contribution in [0.5, 0.6) is 0 Å². The molecule has 0 radical (unpaired) electrons. The summed E-state index contributed by atoms with van der Waals surface area (Å²) in [6, 6.07) is 6.68. The number of amides is 3. The summed E-state index contributed by atoms with van der Waals surface area (Å²) in [5.41, 5.74) is 1.06. The second-order valence-electron chi connectivity index (χ2n) is 8.64. The third-order valence-electron chi connectivity index (χ3n) is 6.38. The zero-order chi connectivity index (χ0) is 26.3. The van der Waals surface area contributed by atoms with Crippen LogP contribution in [0.25, 0.3) is 0 Å². The quantitative estimate of drug-likeness (QED) is 0.451. The van der Waals surface area contributed by atoms with Gasteiger partial charge in [0.15, 0.2) is 0 Å². The summed E-state index contributed by atoms with van der Waals surface area (Å²) in [6.07, 6.45) is 0. The summed E-state index contributed by atoms with van der Waals surface area (Å²) >= 11 is 0. The zero-order valence-electron chi connectivity index (χ0n) is 19.6. The number of nitrogens with zero attached hydrogens (tertiary/aromatic N) is 2. The van der Waals surface area contributed by atoms with Crippen molar-refractivity contribution in [2.24, 2.45) is 0 Å². The highest BCUT2D eigenvalue weighted by Crippen LogP contribution is 2.37. The Morgan fingerprint density at radius 2 is 1.50 bits per heavy atom. The Balaban J connectivity index is 1.66. The first-order valence-electron chi connectivity index (χ1n) is 11.0. The highest BCUT2D eigenvalue weighted by atomic mass is 19.2. The lowest BCUT2D eigenvalue weighted by Gasteiger charge is -2.40. The Labute approximate surface area is 204 Å². The lowest BCUT2D eigenvalue weighted by atomic mass is 9.97. The van der Waals surface area contributed by atoms with Crippen LogP contribution in [-0.2, 0) is 13.1 Å². The first-order valence-corrected chi connectivity index (χ1v) is 11.0. The fourth-order valence-electron chi connectivity index (χ4n) is 4.19. The number of hydrogen-bond acceptors (Lipinski definition) is 2. The van der Waals surface area contributed by atoms with E-state index in [1.165, 1.54) is 28.9 Å². The van der Waals surface area contributed by atoms with E-state index in [1.54, 1.807) is 20.0 Å². The Morgan fingerprint density at radius 3 is 2.11 bits per heavy atom.